The molecule has 2 aromatic heterocycles. The normalized spacial score (nSPS) is 10.8. The number of aryl methyl sites for hydroxylation is 3. The molecule has 0 spiro atoms. The maximum absolute atomic E-state index is 10.7. The van der Waals surface area contributed by atoms with Crippen LogP contribution in [0.5, 0.6) is 16.7 Å². The summed E-state index contributed by atoms with van der Waals surface area (Å²) in [5.41, 5.74) is 1.21. The molecule has 0 saturated heterocycles. The molecular weight excluding hydrogens is 508 g/mol. The summed E-state index contributed by atoms with van der Waals surface area (Å²) in [4.78, 5) is 10.3. The lowest BCUT2D eigenvalue weighted by Gasteiger charge is -2.06. The van der Waals surface area contributed by atoms with Crippen LogP contribution in [0, 0.1) is 17.0 Å². The molecule has 0 amide bonds. The number of rotatable bonds is 13. The van der Waals surface area contributed by atoms with Gasteiger partial charge in [0.15, 0.2) is 6.73 Å². The fourth-order valence-corrected chi connectivity index (χ4v) is 5.35. The van der Waals surface area contributed by atoms with Gasteiger partial charge >= 0.3 is 0 Å². The van der Waals surface area contributed by atoms with Gasteiger partial charge in [0, 0.05) is 25.0 Å². The molecule has 4 aromatic rings. The Bertz CT molecular complexity index is 1230. The molecule has 35 heavy (non-hydrogen) atoms. The number of ether oxygens (including phenoxy) is 2. The van der Waals surface area contributed by atoms with E-state index >= 15 is 0 Å². The molecular formula is C22H22N6O4S3. The number of nitrogens with one attached hydrogen (secondary N) is 1. The van der Waals surface area contributed by atoms with Gasteiger partial charge in [0.25, 0.3) is 10.9 Å². The summed E-state index contributed by atoms with van der Waals surface area (Å²) in [6.07, 6.45) is 1.62. The zero-order valence-corrected chi connectivity index (χ0v) is 21.2. The maximum atomic E-state index is 10.7. The first-order valence-electron chi connectivity index (χ1n) is 10.6. The van der Waals surface area contributed by atoms with Crippen molar-refractivity contribution in [2.45, 2.75) is 19.8 Å². The third-order valence-corrected chi connectivity index (χ3v) is 7.36. The van der Waals surface area contributed by atoms with Gasteiger partial charge in [-0.15, -0.1) is 15.3 Å². The Morgan fingerprint density at radius 1 is 0.914 bits per heavy atom. The maximum Gasteiger partial charge on any atom is 0.299 e. The molecule has 10 nitrogen and oxygen atoms in total. The van der Waals surface area contributed by atoms with Crippen LogP contribution in [-0.4, -0.2) is 43.6 Å². The molecule has 0 unspecified atom stereocenters. The van der Waals surface area contributed by atoms with Crippen molar-refractivity contribution >= 4 is 45.3 Å². The summed E-state index contributed by atoms with van der Waals surface area (Å²) >= 11 is 4.72. The molecule has 0 radical (unpaired) electrons. The summed E-state index contributed by atoms with van der Waals surface area (Å²) in [5, 5.41) is 33.5. The van der Waals surface area contributed by atoms with E-state index in [1.807, 2.05) is 43.0 Å². The van der Waals surface area contributed by atoms with Crippen molar-refractivity contribution in [2.24, 2.45) is 0 Å². The van der Waals surface area contributed by atoms with Gasteiger partial charge in [-0.2, -0.15) is 11.8 Å². The van der Waals surface area contributed by atoms with E-state index in [1.54, 1.807) is 12.1 Å². The summed E-state index contributed by atoms with van der Waals surface area (Å²) in [5.74, 6) is 3.13. The second-order valence-electron chi connectivity index (χ2n) is 7.21. The minimum absolute atomic E-state index is 0.0143. The zero-order valence-electron chi connectivity index (χ0n) is 18.7. The van der Waals surface area contributed by atoms with Crippen LogP contribution in [0.3, 0.4) is 0 Å². The predicted molar refractivity (Wildman–Crippen MR) is 138 cm³/mol. The molecule has 2 heterocycles. The summed E-state index contributed by atoms with van der Waals surface area (Å²) in [7, 11) is 0. The van der Waals surface area contributed by atoms with Crippen LogP contribution in [0.2, 0.25) is 0 Å². The highest BCUT2D eigenvalue weighted by Crippen LogP contribution is 2.27. The van der Waals surface area contributed by atoms with Gasteiger partial charge in [-0.25, -0.2) is 0 Å². The molecule has 0 saturated carbocycles. The number of thioether (sulfide) groups is 1. The van der Waals surface area contributed by atoms with E-state index in [1.165, 1.54) is 40.4 Å². The van der Waals surface area contributed by atoms with Crippen LogP contribution in [0.15, 0.2) is 48.5 Å². The molecule has 0 aliphatic heterocycles. The number of nitro groups is 1. The monoisotopic (exact) mass is 530 g/mol. The molecule has 0 aliphatic carbocycles. The fraction of sp³-hybridized carbons (Fsp3) is 0.273. The summed E-state index contributed by atoms with van der Waals surface area (Å²) < 4.78 is 11.3. The first kappa shape index (κ1) is 24.8. The Hall–Kier alpha value is -3.29. The van der Waals surface area contributed by atoms with Gasteiger partial charge in [0.1, 0.15) is 21.5 Å². The van der Waals surface area contributed by atoms with E-state index in [0.717, 1.165) is 45.2 Å². The topological polar surface area (TPSA) is 125 Å². The average molecular weight is 531 g/mol. The van der Waals surface area contributed by atoms with Gasteiger partial charge in [-0.3, -0.25) is 10.1 Å². The molecule has 13 heteroatoms. The number of anilines is 1. The number of aromatic nitrogens is 4. The number of benzene rings is 2. The van der Waals surface area contributed by atoms with Gasteiger partial charge in [0.2, 0.25) is 5.13 Å². The van der Waals surface area contributed by atoms with E-state index in [4.69, 9.17) is 9.47 Å². The number of non-ortho nitro benzene ring substituents is 1. The molecule has 4 rings (SSSR count). The van der Waals surface area contributed by atoms with Gasteiger partial charge in [-0.1, -0.05) is 45.5 Å². The van der Waals surface area contributed by atoms with Crippen LogP contribution < -0.4 is 14.8 Å². The van der Waals surface area contributed by atoms with Crippen molar-refractivity contribution in [3.8, 4) is 16.7 Å². The average Bonchev–Trinajstić information content (AvgIpc) is 3.50. The van der Waals surface area contributed by atoms with E-state index in [9.17, 15) is 10.1 Å². The number of hydrogen-bond acceptors (Lipinski definition) is 12. The highest BCUT2D eigenvalue weighted by atomic mass is 32.2. The highest BCUT2D eigenvalue weighted by molar-refractivity contribution is 7.99. The first-order valence-corrected chi connectivity index (χ1v) is 13.4. The van der Waals surface area contributed by atoms with Crippen LogP contribution in [0.25, 0.3) is 0 Å². The predicted octanol–water partition coefficient (Wildman–Crippen LogP) is 5.37. The summed E-state index contributed by atoms with van der Waals surface area (Å²) in [6.45, 7) is 2.38. The van der Waals surface area contributed by atoms with Gasteiger partial charge in [-0.05, 0) is 42.7 Å². The van der Waals surface area contributed by atoms with Crippen LogP contribution in [0.1, 0.15) is 15.6 Å². The second-order valence-corrected chi connectivity index (χ2v) is 10.5. The molecule has 1 N–H and O–H groups in total. The standard InChI is InChI=1S/C22H22N6O4S3/c1-15-2-6-17(7-3-15)31-14-23-21-26-24-19(34-21)10-12-33-13-11-20-25-27-22(35-20)32-18-8-4-16(5-9-18)28(29)30/h2-9H,10-14H2,1H3,(H,23,26). The molecule has 2 aromatic carbocycles. The molecule has 0 fully saturated rings. The second kappa shape index (κ2) is 12.4. The van der Waals surface area contributed by atoms with Crippen molar-refractivity contribution in [3.05, 3.63) is 74.2 Å². The first-order chi connectivity index (χ1) is 17.0. The summed E-state index contributed by atoms with van der Waals surface area (Å²) in [6, 6.07) is 13.8. The van der Waals surface area contributed by atoms with Crippen molar-refractivity contribution in [3.63, 3.8) is 0 Å². The fourth-order valence-electron chi connectivity index (χ4n) is 2.78. The van der Waals surface area contributed by atoms with E-state index in [0.29, 0.717) is 17.7 Å². The highest BCUT2D eigenvalue weighted by Gasteiger charge is 2.09. The third kappa shape index (κ3) is 7.87. The SMILES string of the molecule is Cc1ccc(OCNc2nnc(CCSCCc3nnc(Oc4ccc([N+](=O)[O-])cc4)s3)s2)cc1. The molecule has 0 bridgehead atoms. The number of hydrogen-bond donors (Lipinski definition) is 1. The van der Waals surface area contributed by atoms with Crippen LogP contribution in [-0.2, 0) is 12.8 Å². The van der Waals surface area contributed by atoms with Crippen molar-refractivity contribution in [1.29, 1.82) is 0 Å². The Kier molecular flexibility index (Phi) is 8.81. The zero-order chi connectivity index (χ0) is 24.5. The van der Waals surface area contributed by atoms with Crippen molar-refractivity contribution in [2.75, 3.05) is 23.6 Å². The van der Waals surface area contributed by atoms with Crippen molar-refractivity contribution < 1.29 is 14.4 Å². The number of nitrogens with zero attached hydrogens (tertiary/aromatic N) is 5. The Morgan fingerprint density at radius 2 is 1.57 bits per heavy atom. The Balaban J connectivity index is 1.11. The van der Waals surface area contributed by atoms with E-state index < -0.39 is 4.92 Å². The molecule has 182 valence electrons. The Labute approximate surface area is 213 Å². The largest absolute Gasteiger partial charge is 0.473 e. The van der Waals surface area contributed by atoms with Crippen LogP contribution >= 0.6 is 34.4 Å². The quantitative estimate of drug-likeness (QED) is 0.104. The lowest BCUT2D eigenvalue weighted by molar-refractivity contribution is -0.384. The molecule has 0 aliphatic rings. The van der Waals surface area contributed by atoms with Gasteiger partial charge in [0.05, 0.1) is 4.92 Å². The van der Waals surface area contributed by atoms with Gasteiger partial charge < -0.3 is 14.8 Å². The lowest BCUT2D eigenvalue weighted by atomic mass is 10.2. The smallest absolute Gasteiger partial charge is 0.299 e. The minimum atomic E-state index is -0.450. The van der Waals surface area contributed by atoms with Crippen LogP contribution in [0.4, 0.5) is 10.8 Å². The third-order valence-electron chi connectivity index (χ3n) is 4.57. The number of nitro benzene ring substituents is 1. The Morgan fingerprint density at radius 3 is 2.29 bits per heavy atom. The van der Waals surface area contributed by atoms with E-state index in [-0.39, 0.29) is 5.69 Å². The molecule has 0 atom stereocenters. The van der Waals surface area contributed by atoms with Crippen molar-refractivity contribution in [1.82, 2.24) is 20.4 Å². The minimum Gasteiger partial charge on any atom is -0.473 e. The lowest BCUT2D eigenvalue weighted by Crippen LogP contribution is -2.08. The van der Waals surface area contributed by atoms with E-state index in [2.05, 4.69) is 25.7 Å².